The van der Waals surface area contributed by atoms with Gasteiger partial charge < -0.3 is 33.8 Å². The molecule has 3 N–H and O–H groups in total. The number of esters is 4. The van der Waals surface area contributed by atoms with Gasteiger partial charge >= 0.3 is 39.5 Å². The van der Waals surface area contributed by atoms with Crippen LogP contribution < -0.4 is 0 Å². The second-order valence-electron chi connectivity index (χ2n) is 27.3. The number of rotatable bonds is 77. The maximum atomic E-state index is 13.1. The maximum absolute atomic E-state index is 13.1. The van der Waals surface area contributed by atoms with E-state index in [1.165, 1.54) is 109 Å². The number of aliphatic hydroxyl groups excluding tert-OH is 1. The summed E-state index contributed by atoms with van der Waals surface area (Å²) in [5.41, 5.74) is 0. The Bertz CT molecular complexity index is 2390. The predicted octanol–water partition coefficient (Wildman–Crippen LogP) is 24.1. The second-order valence-corrected chi connectivity index (χ2v) is 30.2. The lowest BCUT2D eigenvalue weighted by atomic mass is 10.0. The lowest BCUT2D eigenvalue weighted by Gasteiger charge is -2.21. The summed E-state index contributed by atoms with van der Waals surface area (Å²) in [5, 5.41) is 10.6. The monoisotopic (exact) mass is 1500 g/mol. The standard InChI is InChI=1S/C85H148O17P2/c1-5-9-13-17-21-25-29-33-36-38-39-41-43-47-50-54-58-62-66-70-83(88)96-76-81(102-85(90)72-68-64-60-56-52-48-44-40-37-34-30-26-22-18-14-10-6-2)78-100-104(93,94)98-74-79(86)73-97-103(91,92)99-77-80(101-84(89)71-67-63-59-55-51-45-32-28-24-20-16-12-8-4)75-95-82(87)69-65-61-57-53-49-46-42-35-31-27-23-19-15-11-7-3/h10,14,21-22,25-26,33-37,39,41-42,44,48,56,60,79-81,86H,5-9,11-13,15-20,23-24,27-32,38,40,43,45-47,49-55,57-59,61-78H2,1-4H3,(H,91,92)(H,93,94)/b14-10-,25-21-,26-22-,36-33-,37-34-,41-39-,42-35-,48-44-,60-56-. The minimum atomic E-state index is -5.00. The largest absolute Gasteiger partial charge is 0.472 e. The van der Waals surface area contributed by atoms with E-state index in [-0.39, 0.29) is 25.7 Å². The number of aliphatic hydroxyl groups is 1. The Kier molecular flexibility index (Phi) is 73.7. The molecule has 0 spiro atoms. The van der Waals surface area contributed by atoms with Gasteiger partial charge in [0.2, 0.25) is 0 Å². The van der Waals surface area contributed by atoms with Crippen molar-refractivity contribution in [2.24, 2.45) is 0 Å². The highest BCUT2D eigenvalue weighted by molar-refractivity contribution is 7.47. The number of unbranched alkanes of at least 4 members (excludes halogenated alkanes) is 33. The van der Waals surface area contributed by atoms with Crippen LogP contribution in [-0.4, -0.2) is 96.7 Å². The SMILES string of the molecule is CC/C=C\C/C=C\C/C=C\C/C=C\C/C=C\CCCC(=O)OC(COC(=O)CCCCCCCC/C=C\C/C=C\C/C=C\CCCCC)COP(=O)(O)OCC(O)COP(=O)(O)OCC(COC(=O)CCCCCCC/C=C\CCCCCCCC)OC(=O)CCCCCCCCCCCCCCC. The van der Waals surface area contributed by atoms with Crippen LogP contribution in [-0.2, 0) is 65.4 Å². The highest BCUT2D eigenvalue weighted by Gasteiger charge is 2.30. The van der Waals surface area contributed by atoms with Gasteiger partial charge in [-0.05, 0) is 128 Å². The van der Waals surface area contributed by atoms with Crippen molar-refractivity contribution in [3.05, 3.63) is 109 Å². The summed E-state index contributed by atoms with van der Waals surface area (Å²) in [4.78, 5) is 73.1. The maximum Gasteiger partial charge on any atom is 0.472 e. The average molecular weight is 1500 g/mol. The zero-order chi connectivity index (χ0) is 76.0. The Hall–Kier alpha value is -4.28. The van der Waals surface area contributed by atoms with Gasteiger partial charge in [-0.25, -0.2) is 9.13 Å². The van der Waals surface area contributed by atoms with Crippen LogP contribution in [0.2, 0.25) is 0 Å². The van der Waals surface area contributed by atoms with Crippen molar-refractivity contribution in [3.63, 3.8) is 0 Å². The summed E-state index contributed by atoms with van der Waals surface area (Å²) in [6.07, 6.45) is 83.5. The molecule has 0 aromatic rings. The molecule has 0 bridgehead atoms. The molecule has 0 saturated carbocycles. The lowest BCUT2D eigenvalue weighted by Crippen LogP contribution is -2.30. The highest BCUT2D eigenvalue weighted by Crippen LogP contribution is 2.45. The molecule has 19 heteroatoms. The molecule has 5 unspecified atom stereocenters. The first-order valence-corrected chi connectivity index (χ1v) is 44.1. The minimum absolute atomic E-state index is 0.0126. The van der Waals surface area contributed by atoms with Gasteiger partial charge in [0.25, 0.3) is 0 Å². The lowest BCUT2D eigenvalue weighted by molar-refractivity contribution is -0.161. The summed E-state index contributed by atoms with van der Waals surface area (Å²) >= 11 is 0. The van der Waals surface area contributed by atoms with Crippen LogP contribution >= 0.6 is 15.6 Å². The molecule has 0 radical (unpaired) electrons. The smallest absolute Gasteiger partial charge is 0.462 e. The number of allylic oxidation sites excluding steroid dienone is 18. The Labute approximate surface area is 632 Å². The number of carbonyl (C=O) groups excluding carboxylic acids is 4. The normalized spacial score (nSPS) is 14.4. The second kappa shape index (κ2) is 76.9. The van der Waals surface area contributed by atoms with E-state index in [1.54, 1.807) is 0 Å². The third-order valence-corrected chi connectivity index (χ3v) is 19.1. The molecule has 0 aliphatic rings. The highest BCUT2D eigenvalue weighted by atomic mass is 31.2. The number of carbonyl (C=O) groups is 4. The van der Waals surface area contributed by atoms with Crippen LogP contribution in [0, 0.1) is 0 Å². The van der Waals surface area contributed by atoms with Crippen LogP contribution in [0.1, 0.15) is 349 Å². The van der Waals surface area contributed by atoms with Crippen LogP contribution in [0.3, 0.4) is 0 Å². The Morgan fingerprint density at radius 2 is 0.510 bits per heavy atom. The van der Waals surface area contributed by atoms with Gasteiger partial charge in [-0.1, -0.05) is 304 Å². The molecule has 0 aromatic heterocycles. The molecule has 0 saturated heterocycles. The minimum Gasteiger partial charge on any atom is -0.462 e. The fourth-order valence-electron chi connectivity index (χ4n) is 11.0. The molecule has 0 rings (SSSR count). The van der Waals surface area contributed by atoms with Crippen LogP contribution in [0.4, 0.5) is 0 Å². The summed E-state index contributed by atoms with van der Waals surface area (Å²) < 4.78 is 68.6. The zero-order valence-electron chi connectivity index (χ0n) is 65.7. The average Bonchev–Trinajstić information content (AvgIpc) is 0.917. The molecule has 104 heavy (non-hydrogen) atoms. The van der Waals surface area contributed by atoms with Crippen molar-refractivity contribution in [1.82, 2.24) is 0 Å². The molecule has 600 valence electrons. The first kappa shape index (κ1) is 99.7. The molecule has 0 heterocycles. The predicted molar refractivity (Wildman–Crippen MR) is 427 cm³/mol. The van der Waals surface area contributed by atoms with Crippen molar-refractivity contribution in [3.8, 4) is 0 Å². The Morgan fingerprint density at radius 1 is 0.279 bits per heavy atom. The molecule has 17 nitrogen and oxygen atoms in total. The topological polar surface area (TPSA) is 237 Å². The summed E-state index contributed by atoms with van der Waals surface area (Å²) in [7, 11) is -9.98. The Balaban J connectivity index is 5.41. The van der Waals surface area contributed by atoms with E-state index >= 15 is 0 Å². The van der Waals surface area contributed by atoms with Crippen molar-refractivity contribution in [1.29, 1.82) is 0 Å². The van der Waals surface area contributed by atoms with Crippen molar-refractivity contribution < 1.29 is 80.2 Å². The fourth-order valence-corrected chi connectivity index (χ4v) is 12.5. The van der Waals surface area contributed by atoms with Crippen molar-refractivity contribution in [2.45, 2.75) is 367 Å². The first-order valence-electron chi connectivity index (χ1n) is 41.1. The van der Waals surface area contributed by atoms with Crippen molar-refractivity contribution >= 4 is 39.5 Å². The van der Waals surface area contributed by atoms with Crippen LogP contribution in [0.25, 0.3) is 0 Å². The molecular weight excluding hydrogens is 1350 g/mol. The third kappa shape index (κ3) is 75.9. The summed E-state index contributed by atoms with van der Waals surface area (Å²) in [6, 6.07) is 0. The number of phosphoric acid groups is 2. The van der Waals surface area contributed by atoms with Crippen molar-refractivity contribution in [2.75, 3.05) is 39.6 Å². The molecule has 0 aliphatic heterocycles. The molecule has 0 fully saturated rings. The van der Waals surface area contributed by atoms with E-state index in [2.05, 4.69) is 125 Å². The summed E-state index contributed by atoms with van der Waals surface area (Å²) in [6.45, 7) is 4.68. The van der Waals surface area contributed by atoms with Gasteiger partial charge in [0.1, 0.15) is 19.3 Å². The molecule has 5 atom stereocenters. The van der Waals surface area contributed by atoms with Crippen LogP contribution in [0.15, 0.2) is 109 Å². The van der Waals surface area contributed by atoms with Gasteiger partial charge in [-0.3, -0.25) is 37.3 Å². The van der Waals surface area contributed by atoms with Gasteiger partial charge in [-0.2, -0.15) is 0 Å². The van der Waals surface area contributed by atoms with E-state index in [0.29, 0.717) is 32.1 Å². The van der Waals surface area contributed by atoms with E-state index in [1.807, 2.05) is 12.2 Å². The van der Waals surface area contributed by atoms with Gasteiger partial charge in [0, 0.05) is 25.7 Å². The Morgan fingerprint density at radius 3 is 0.837 bits per heavy atom. The quantitative estimate of drug-likeness (QED) is 0.0169. The van der Waals surface area contributed by atoms with Gasteiger partial charge in [-0.15, -0.1) is 0 Å². The number of ether oxygens (including phenoxy) is 4. The number of hydrogen-bond donors (Lipinski definition) is 3. The number of hydrogen-bond acceptors (Lipinski definition) is 15. The fraction of sp³-hybridized carbons (Fsp3) is 0.741. The zero-order valence-corrected chi connectivity index (χ0v) is 67.5. The van der Waals surface area contributed by atoms with E-state index < -0.39 is 97.5 Å². The molecular formula is C85H148O17P2. The molecule has 0 aliphatic carbocycles. The van der Waals surface area contributed by atoms with Gasteiger partial charge in [0.05, 0.1) is 26.4 Å². The van der Waals surface area contributed by atoms with E-state index in [0.717, 1.165) is 154 Å². The van der Waals surface area contributed by atoms with Crippen LogP contribution in [0.5, 0.6) is 0 Å². The molecule has 0 aromatic carbocycles. The van der Waals surface area contributed by atoms with E-state index in [9.17, 15) is 43.2 Å². The first-order chi connectivity index (χ1) is 50.7. The van der Waals surface area contributed by atoms with E-state index in [4.69, 9.17) is 37.0 Å². The molecule has 0 amide bonds. The van der Waals surface area contributed by atoms with Gasteiger partial charge in [0.15, 0.2) is 12.2 Å². The number of phosphoric ester groups is 2. The summed E-state index contributed by atoms with van der Waals surface area (Å²) in [5.74, 6) is -2.25. The third-order valence-electron chi connectivity index (χ3n) is 17.2.